The summed E-state index contributed by atoms with van der Waals surface area (Å²) in [5, 5.41) is 0. The SMILES string of the molecule is CCOC(=O)CCN1CCN(C(=O)O[C@@H]2CC[C@]3(CO3)[C@@H](C3(C)O[C@@H]3CC=C(C)C)[C@@H]2OC)CC1. The third-order valence-corrected chi connectivity index (χ3v) is 8.06. The second kappa shape index (κ2) is 10.7. The standard InChI is InChI=1S/C26H42N2O7/c1-6-32-21(29)10-12-27-13-15-28(16-14-27)24(30)34-19-9-11-26(17-33-26)23(22(19)31-5)25(4)20(35-25)8-7-18(2)3/h7,19-20,22-23H,6,8-17H2,1-5H3/t19-,20-,22-,23-,25?,26+/m1/s1. The first-order chi connectivity index (χ1) is 16.7. The highest BCUT2D eigenvalue weighted by atomic mass is 16.6. The fourth-order valence-corrected chi connectivity index (χ4v) is 5.91. The Balaban J connectivity index is 1.32. The van der Waals surface area contributed by atoms with Gasteiger partial charge in [-0.3, -0.25) is 9.69 Å². The van der Waals surface area contributed by atoms with Gasteiger partial charge in [-0.05, 0) is 47.0 Å². The molecular formula is C26H42N2O7. The Bertz CT molecular complexity index is 802. The van der Waals surface area contributed by atoms with Crippen LogP contribution >= 0.6 is 0 Å². The highest BCUT2D eigenvalue weighted by molar-refractivity contribution is 5.69. The Morgan fingerprint density at radius 3 is 2.49 bits per heavy atom. The van der Waals surface area contributed by atoms with Gasteiger partial charge in [0.25, 0.3) is 0 Å². The van der Waals surface area contributed by atoms with E-state index in [1.165, 1.54) is 5.57 Å². The maximum Gasteiger partial charge on any atom is 0.410 e. The molecule has 6 atom stereocenters. The first kappa shape index (κ1) is 26.4. The summed E-state index contributed by atoms with van der Waals surface area (Å²) >= 11 is 0. The second-order valence-corrected chi connectivity index (χ2v) is 10.7. The van der Waals surface area contributed by atoms with Crippen molar-refractivity contribution < 1.29 is 33.3 Å². The van der Waals surface area contributed by atoms with Gasteiger partial charge in [0.2, 0.25) is 0 Å². The zero-order valence-electron chi connectivity index (χ0n) is 21.9. The van der Waals surface area contributed by atoms with E-state index in [1.807, 2.05) is 6.92 Å². The smallest absolute Gasteiger partial charge is 0.410 e. The minimum atomic E-state index is -0.348. The third kappa shape index (κ3) is 5.84. The van der Waals surface area contributed by atoms with Gasteiger partial charge in [-0.2, -0.15) is 0 Å². The van der Waals surface area contributed by atoms with Crippen LogP contribution in [0.3, 0.4) is 0 Å². The number of ether oxygens (including phenoxy) is 5. The summed E-state index contributed by atoms with van der Waals surface area (Å²) in [5.41, 5.74) is 0.696. The lowest BCUT2D eigenvalue weighted by atomic mass is 9.68. The summed E-state index contributed by atoms with van der Waals surface area (Å²) in [7, 11) is 1.69. The van der Waals surface area contributed by atoms with Gasteiger partial charge in [0.15, 0.2) is 0 Å². The van der Waals surface area contributed by atoms with E-state index in [9.17, 15) is 9.59 Å². The van der Waals surface area contributed by atoms with Crippen molar-refractivity contribution in [1.29, 1.82) is 0 Å². The molecule has 9 nitrogen and oxygen atoms in total. The predicted molar refractivity (Wildman–Crippen MR) is 129 cm³/mol. The van der Waals surface area contributed by atoms with E-state index in [0.29, 0.717) is 52.4 Å². The molecule has 0 bridgehead atoms. The lowest BCUT2D eigenvalue weighted by molar-refractivity contribution is -0.143. The maximum absolute atomic E-state index is 13.1. The van der Waals surface area contributed by atoms with Crippen molar-refractivity contribution in [3.8, 4) is 0 Å². The van der Waals surface area contributed by atoms with Gasteiger partial charge >= 0.3 is 12.1 Å². The number of carbonyl (C=O) groups excluding carboxylic acids is 2. The Hall–Kier alpha value is -1.68. The molecule has 4 fully saturated rings. The molecule has 1 amide bonds. The van der Waals surface area contributed by atoms with Crippen molar-refractivity contribution in [1.82, 2.24) is 9.80 Å². The van der Waals surface area contributed by atoms with Crippen molar-refractivity contribution in [2.75, 3.05) is 53.0 Å². The van der Waals surface area contributed by atoms with Gasteiger partial charge in [-0.1, -0.05) is 11.6 Å². The normalized spacial score (nSPS) is 36.5. The molecule has 4 aliphatic rings. The molecule has 1 unspecified atom stereocenters. The molecule has 4 rings (SSSR count). The third-order valence-electron chi connectivity index (χ3n) is 8.06. The molecular weight excluding hydrogens is 452 g/mol. The molecule has 1 spiro atoms. The Morgan fingerprint density at radius 2 is 1.89 bits per heavy atom. The second-order valence-electron chi connectivity index (χ2n) is 10.7. The van der Waals surface area contributed by atoms with Crippen LogP contribution in [-0.4, -0.2) is 104 Å². The summed E-state index contributed by atoms with van der Waals surface area (Å²) in [6.45, 7) is 12.5. The molecule has 9 heteroatoms. The van der Waals surface area contributed by atoms with Crippen molar-refractivity contribution in [2.45, 2.75) is 82.9 Å². The van der Waals surface area contributed by atoms with Crippen molar-refractivity contribution in [2.24, 2.45) is 5.92 Å². The lowest BCUT2D eigenvalue weighted by Gasteiger charge is -2.43. The Kier molecular flexibility index (Phi) is 8.10. The van der Waals surface area contributed by atoms with E-state index in [-0.39, 0.29) is 47.5 Å². The summed E-state index contributed by atoms with van der Waals surface area (Å²) in [5.74, 6) is -0.164. The number of methoxy groups -OCH3 is 1. The highest BCUT2D eigenvalue weighted by Gasteiger charge is 2.72. The van der Waals surface area contributed by atoms with Crippen LogP contribution < -0.4 is 0 Å². The predicted octanol–water partition coefficient (Wildman–Crippen LogP) is 2.77. The molecule has 0 radical (unpaired) electrons. The number of hydrogen-bond donors (Lipinski definition) is 0. The molecule has 3 aliphatic heterocycles. The zero-order chi connectivity index (χ0) is 25.2. The fourth-order valence-electron chi connectivity index (χ4n) is 5.91. The van der Waals surface area contributed by atoms with E-state index in [1.54, 1.807) is 12.0 Å². The van der Waals surface area contributed by atoms with E-state index >= 15 is 0 Å². The lowest BCUT2D eigenvalue weighted by Crippen LogP contribution is -2.57. The average Bonchev–Trinajstić information content (AvgIpc) is 3.75. The maximum atomic E-state index is 13.1. The number of allylic oxidation sites excluding steroid dienone is 1. The number of hydrogen-bond acceptors (Lipinski definition) is 8. The molecule has 0 aromatic heterocycles. The topological polar surface area (TPSA) is 93.4 Å². The minimum Gasteiger partial charge on any atom is -0.466 e. The van der Waals surface area contributed by atoms with E-state index in [4.69, 9.17) is 23.7 Å². The largest absolute Gasteiger partial charge is 0.466 e. The molecule has 3 heterocycles. The number of esters is 1. The Morgan fingerprint density at radius 1 is 1.17 bits per heavy atom. The highest BCUT2D eigenvalue weighted by Crippen LogP contribution is 2.59. The number of amides is 1. The van der Waals surface area contributed by atoms with Crippen LogP contribution in [0.25, 0.3) is 0 Å². The quantitative estimate of drug-likeness (QED) is 0.274. The van der Waals surface area contributed by atoms with Crippen LogP contribution in [-0.2, 0) is 28.5 Å². The molecule has 35 heavy (non-hydrogen) atoms. The molecule has 198 valence electrons. The van der Waals surface area contributed by atoms with Crippen LogP contribution in [0, 0.1) is 5.92 Å². The van der Waals surface area contributed by atoms with Crippen LogP contribution in [0.5, 0.6) is 0 Å². The van der Waals surface area contributed by atoms with E-state index in [2.05, 4.69) is 31.7 Å². The zero-order valence-corrected chi connectivity index (χ0v) is 21.9. The molecule has 3 saturated heterocycles. The molecule has 0 aromatic rings. The van der Waals surface area contributed by atoms with E-state index in [0.717, 1.165) is 19.3 Å². The van der Waals surface area contributed by atoms with Crippen molar-refractivity contribution >= 4 is 12.1 Å². The number of nitrogens with zero attached hydrogens (tertiary/aromatic N) is 2. The average molecular weight is 495 g/mol. The number of piperazine rings is 1. The monoisotopic (exact) mass is 494 g/mol. The van der Waals surface area contributed by atoms with Crippen molar-refractivity contribution in [3.05, 3.63) is 11.6 Å². The van der Waals surface area contributed by atoms with Gasteiger partial charge in [-0.15, -0.1) is 0 Å². The Labute approximate surface area is 209 Å². The van der Waals surface area contributed by atoms with Gasteiger partial charge in [-0.25, -0.2) is 4.79 Å². The van der Waals surface area contributed by atoms with Gasteiger partial charge in [0, 0.05) is 39.8 Å². The van der Waals surface area contributed by atoms with Crippen LogP contribution in [0.15, 0.2) is 11.6 Å². The summed E-state index contributed by atoms with van der Waals surface area (Å²) < 4.78 is 29.3. The molecule has 0 N–H and O–H groups in total. The first-order valence-corrected chi connectivity index (χ1v) is 13.0. The minimum absolute atomic E-state index is 0.0156. The van der Waals surface area contributed by atoms with Gasteiger partial charge < -0.3 is 28.6 Å². The first-order valence-electron chi connectivity index (χ1n) is 13.0. The summed E-state index contributed by atoms with van der Waals surface area (Å²) in [6, 6.07) is 0. The van der Waals surface area contributed by atoms with Crippen LogP contribution in [0.2, 0.25) is 0 Å². The summed E-state index contributed by atoms with van der Waals surface area (Å²) in [6.07, 6.45) is 4.23. The van der Waals surface area contributed by atoms with Gasteiger partial charge in [0.05, 0.1) is 31.7 Å². The number of epoxide rings is 2. The van der Waals surface area contributed by atoms with Crippen LogP contribution in [0.1, 0.15) is 53.4 Å². The molecule has 1 saturated carbocycles. The van der Waals surface area contributed by atoms with E-state index < -0.39 is 0 Å². The fraction of sp³-hybridized carbons (Fsp3) is 0.846. The molecule has 0 aromatic carbocycles. The van der Waals surface area contributed by atoms with Crippen molar-refractivity contribution in [3.63, 3.8) is 0 Å². The van der Waals surface area contributed by atoms with Crippen LogP contribution in [0.4, 0.5) is 4.79 Å². The number of carbonyl (C=O) groups is 2. The van der Waals surface area contributed by atoms with Gasteiger partial charge in [0.1, 0.15) is 23.4 Å². The number of rotatable bonds is 9. The summed E-state index contributed by atoms with van der Waals surface area (Å²) in [4.78, 5) is 28.6. The molecule has 1 aliphatic carbocycles.